The van der Waals surface area contributed by atoms with Gasteiger partial charge in [-0.1, -0.05) is 212 Å². The zero-order valence-corrected chi connectivity index (χ0v) is 41.8. The first kappa shape index (κ1) is 43.3. The molecule has 0 saturated carbocycles. The number of thiophene rings is 1. The molecule has 0 fully saturated rings. The van der Waals surface area contributed by atoms with Crippen molar-refractivity contribution in [1.29, 1.82) is 0 Å². The van der Waals surface area contributed by atoms with E-state index < -0.39 is 5.41 Å². The summed E-state index contributed by atoms with van der Waals surface area (Å²) in [5.41, 5.74) is 20.3. The monoisotopic (exact) mass is 969 g/mol. The summed E-state index contributed by atoms with van der Waals surface area (Å²) in [6.07, 6.45) is 4.79. The highest BCUT2D eigenvalue weighted by Gasteiger charge is 2.50. The molecule has 1 spiro atoms. The topological polar surface area (TPSA) is 3.24 Å². The normalized spacial score (nSPS) is 13.8. The maximum absolute atomic E-state index is 2.50. The number of hydrogen-bond donors (Lipinski definition) is 0. The Hall–Kier alpha value is -9.34. The average molecular weight is 970 g/mol. The van der Waals surface area contributed by atoms with Crippen LogP contribution >= 0.6 is 11.3 Å². The van der Waals surface area contributed by atoms with Gasteiger partial charge in [0.2, 0.25) is 0 Å². The van der Waals surface area contributed by atoms with E-state index in [1.54, 1.807) is 0 Å². The molecule has 2 heteroatoms. The molecule has 1 nitrogen and oxygen atoms in total. The van der Waals surface area contributed by atoms with Gasteiger partial charge in [0.15, 0.2) is 0 Å². The predicted octanol–water partition coefficient (Wildman–Crippen LogP) is 19.7. The third-order valence-electron chi connectivity index (χ3n) is 15.8. The van der Waals surface area contributed by atoms with Crippen LogP contribution in [0.4, 0.5) is 17.1 Å². The second kappa shape index (κ2) is 17.4. The van der Waals surface area contributed by atoms with Crippen molar-refractivity contribution in [1.82, 2.24) is 0 Å². The Bertz CT molecular complexity index is 4350. The molecule has 0 bridgehead atoms. The first-order valence-corrected chi connectivity index (χ1v) is 26.7. The van der Waals surface area contributed by atoms with Crippen LogP contribution in [0.3, 0.4) is 0 Å². The van der Waals surface area contributed by atoms with Crippen molar-refractivity contribution in [2.45, 2.75) is 5.41 Å². The van der Waals surface area contributed by atoms with E-state index in [9.17, 15) is 0 Å². The number of nitrogens with zero attached hydrogens (tertiary/aromatic N) is 1. The van der Waals surface area contributed by atoms with Crippen molar-refractivity contribution in [3.05, 3.63) is 329 Å². The first-order valence-electron chi connectivity index (χ1n) is 25.9. The molecular weight excluding hydrogens is 923 g/mol. The maximum atomic E-state index is 2.50. The van der Waals surface area contributed by atoms with E-state index in [-0.39, 0.29) is 0 Å². The minimum atomic E-state index is -0.505. The van der Waals surface area contributed by atoms with E-state index >= 15 is 0 Å². The number of fused-ring (bicyclic) bond motifs is 14. The van der Waals surface area contributed by atoms with Gasteiger partial charge in [-0.05, 0) is 172 Å². The molecule has 350 valence electrons. The fourth-order valence-corrected chi connectivity index (χ4v) is 13.6. The molecule has 0 atom stereocenters. The van der Waals surface area contributed by atoms with Crippen LogP contribution in [0.1, 0.15) is 55.6 Å². The lowest BCUT2D eigenvalue weighted by atomic mass is 9.60. The van der Waals surface area contributed by atoms with Crippen LogP contribution in [0.25, 0.3) is 76.1 Å². The first-order chi connectivity index (χ1) is 37.2. The Morgan fingerprint density at radius 1 is 0.333 bits per heavy atom. The lowest BCUT2D eigenvalue weighted by Gasteiger charge is -2.41. The van der Waals surface area contributed by atoms with Gasteiger partial charge in [-0.2, -0.15) is 0 Å². The van der Waals surface area contributed by atoms with E-state index in [2.05, 4.69) is 290 Å². The summed E-state index contributed by atoms with van der Waals surface area (Å²) in [6.45, 7) is 0. The maximum Gasteiger partial charge on any atom is 0.0725 e. The zero-order chi connectivity index (χ0) is 49.5. The van der Waals surface area contributed by atoms with Crippen LogP contribution in [0.15, 0.2) is 273 Å². The minimum absolute atomic E-state index is 0.505. The Labute approximate surface area is 440 Å². The Kier molecular flexibility index (Phi) is 10.0. The van der Waals surface area contributed by atoms with Gasteiger partial charge >= 0.3 is 0 Å². The van der Waals surface area contributed by atoms with Crippen LogP contribution in [-0.4, -0.2) is 0 Å². The highest BCUT2D eigenvalue weighted by atomic mass is 32.1. The lowest BCUT2D eigenvalue weighted by molar-refractivity contribution is 0.753. The molecular formula is C73H47NS. The second-order valence-corrected chi connectivity index (χ2v) is 21.1. The van der Waals surface area contributed by atoms with Gasteiger partial charge in [-0.15, -0.1) is 11.3 Å². The molecule has 0 unspecified atom stereocenters. The van der Waals surface area contributed by atoms with Gasteiger partial charge in [-0.25, -0.2) is 0 Å². The van der Waals surface area contributed by atoms with Gasteiger partial charge in [0, 0.05) is 37.2 Å². The average Bonchev–Trinajstić information content (AvgIpc) is 4.19. The molecule has 12 aromatic carbocycles. The molecule has 1 aromatic heterocycles. The third-order valence-corrected chi connectivity index (χ3v) is 17.0. The molecule has 0 saturated heterocycles. The summed E-state index contributed by atoms with van der Waals surface area (Å²) in [7, 11) is 0. The van der Waals surface area contributed by atoms with Gasteiger partial charge < -0.3 is 4.90 Å². The Morgan fingerprint density at radius 3 is 1.43 bits per heavy atom. The summed E-state index contributed by atoms with van der Waals surface area (Å²) in [5, 5.41) is 7.38. The number of hydrogen-bond acceptors (Lipinski definition) is 2. The molecule has 0 radical (unpaired) electrons. The molecule has 13 aromatic rings. The van der Waals surface area contributed by atoms with Gasteiger partial charge in [0.1, 0.15) is 0 Å². The van der Waals surface area contributed by atoms with Crippen molar-refractivity contribution in [3.63, 3.8) is 0 Å². The summed E-state index contributed by atoms with van der Waals surface area (Å²) in [4.78, 5) is 2.42. The largest absolute Gasteiger partial charge is 0.310 e. The van der Waals surface area contributed by atoms with Gasteiger partial charge in [-0.3, -0.25) is 0 Å². The molecule has 2 aliphatic carbocycles. The highest BCUT2D eigenvalue weighted by Crippen LogP contribution is 2.61. The molecule has 75 heavy (non-hydrogen) atoms. The molecule has 2 aliphatic rings. The fourth-order valence-electron chi connectivity index (χ4n) is 12.5. The molecule has 0 amide bonds. The molecule has 0 N–H and O–H groups in total. The molecule has 0 aliphatic heterocycles. The van der Waals surface area contributed by atoms with Crippen LogP contribution < -0.4 is 4.90 Å². The fraction of sp³-hybridized carbons (Fsp3) is 0.0137. The second-order valence-electron chi connectivity index (χ2n) is 20.0. The van der Waals surface area contributed by atoms with Crippen LogP contribution in [0.5, 0.6) is 0 Å². The van der Waals surface area contributed by atoms with Crippen molar-refractivity contribution in [3.8, 4) is 11.1 Å². The van der Waals surface area contributed by atoms with Gasteiger partial charge in [0.05, 0.1) is 5.41 Å². The number of anilines is 3. The SMILES string of the molecule is C(=C(/c1ccc2c(c1)/C(=C/c1ccccc1)c1ccccc1C21c2ccccc2-c2ccccc21)c1ccc2sc3ccc(N(c4ccc5ccccc5c4)c4ccc5ccccc5c4)cc3c2c1)/c1ccccc1. The zero-order valence-electron chi connectivity index (χ0n) is 41.0. The van der Waals surface area contributed by atoms with Crippen molar-refractivity contribution >= 4 is 93.4 Å². The standard InChI is InChI=1S/C73H47NS/c1-3-17-48(18-4-1)41-62(54-33-38-70-64(45-54)63(42-49-19-5-2-6-20-49)61-27-13-16-30-69(61)73(70)67-28-14-11-25-59(67)60-26-12-15-29-68(60)73)55-34-39-71-65(46-55)66-47-58(37-40-72(66)75-71)74(56-35-31-50-21-7-9-23-52(50)43-56)57-36-32-51-22-8-10-24-53(51)44-57/h1-47H/b62-41+,63-42+. The summed E-state index contributed by atoms with van der Waals surface area (Å²) < 4.78 is 2.53. The summed E-state index contributed by atoms with van der Waals surface area (Å²) in [6, 6.07) is 101. The van der Waals surface area contributed by atoms with Crippen molar-refractivity contribution in [2.24, 2.45) is 0 Å². The summed E-state index contributed by atoms with van der Waals surface area (Å²) in [5.74, 6) is 0. The minimum Gasteiger partial charge on any atom is -0.310 e. The smallest absolute Gasteiger partial charge is 0.0725 e. The van der Waals surface area contributed by atoms with E-state index in [4.69, 9.17) is 0 Å². The van der Waals surface area contributed by atoms with Gasteiger partial charge in [0.25, 0.3) is 0 Å². The quantitative estimate of drug-likeness (QED) is 0.144. The van der Waals surface area contributed by atoms with E-state index in [1.165, 1.54) is 114 Å². The molecule has 15 rings (SSSR count). The number of rotatable bonds is 7. The van der Waals surface area contributed by atoms with Crippen molar-refractivity contribution < 1.29 is 0 Å². The van der Waals surface area contributed by atoms with E-state index in [0.717, 1.165) is 22.6 Å². The highest BCUT2D eigenvalue weighted by molar-refractivity contribution is 7.25. The molecule has 1 heterocycles. The number of benzene rings is 12. The Morgan fingerprint density at radius 2 is 0.787 bits per heavy atom. The Balaban J connectivity index is 0.939. The van der Waals surface area contributed by atoms with Crippen LogP contribution in [-0.2, 0) is 5.41 Å². The summed E-state index contributed by atoms with van der Waals surface area (Å²) >= 11 is 1.86. The van der Waals surface area contributed by atoms with E-state index in [1.807, 2.05) is 11.3 Å². The predicted molar refractivity (Wildman–Crippen MR) is 320 cm³/mol. The van der Waals surface area contributed by atoms with Crippen molar-refractivity contribution in [2.75, 3.05) is 4.90 Å². The lowest BCUT2D eigenvalue weighted by Crippen LogP contribution is -2.34. The van der Waals surface area contributed by atoms with Crippen LogP contribution in [0, 0.1) is 0 Å². The van der Waals surface area contributed by atoms with E-state index in [0.29, 0.717) is 0 Å². The third kappa shape index (κ3) is 6.98. The van der Waals surface area contributed by atoms with Crippen LogP contribution in [0.2, 0.25) is 0 Å².